The normalized spacial score (nSPS) is 11.9. The van der Waals surface area contributed by atoms with Crippen molar-refractivity contribution >= 4 is 0 Å². The van der Waals surface area contributed by atoms with Crippen molar-refractivity contribution in [1.29, 1.82) is 0 Å². The summed E-state index contributed by atoms with van der Waals surface area (Å²) >= 11 is 0. The summed E-state index contributed by atoms with van der Waals surface area (Å²) in [5.41, 5.74) is 0.780. The summed E-state index contributed by atoms with van der Waals surface area (Å²) in [6.07, 6.45) is 0.618. The first-order chi connectivity index (χ1) is 11.9. The standard InChI is InChI=1S/C18H16F3N3O/c1-24(11-15-10-22-8-9-23-15)12-16-6-7-17(25-16)13-2-4-14(5-3-13)18(19,20)21/h2-10H,11-12H2,1H3. The number of halogens is 3. The number of benzene rings is 1. The van der Waals surface area contributed by atoms with Gasteiger partial charge in [0.1, 0.15) is 11.5 Å². The molecule has 130 valence electrons. The molecule has 0 atom stereocenters. The van der Waals surface area contributed by atoms with Crippen LogP contribution in [0.4, 0.5) is 13.2 Å². The number of hydrogen-bond donors (Lipinski definition) is 0. The van der Waals surface area contributed by atoms with Crippen molar-refractivity contribution in [3.63, 3.8) is 0 Å². The maximum Gasteiger partial charge on any atom is 0.416 e. The van der Waals surface area contributed by atoms with Crippen LogP contribution in [0.15, 0.2) is 59.4 Å². The lowest BCUT2D eigenvalue weighted by atomic mass is 10.1. The maximum atomic E-state index is 12.6. The van der Waals surface area contributed by atoms with Gasteiger partial charge in [-0.05, 0) is 31.3 Å². The lowest BCUT2D eigenvalue weighted by Crippen LogP contribution is -2.17. The number of alkyl halides is 3. The highest BCUT2D eigenvalue weighted by Crippen LogP contribution is 2.31. The fourth-order valence-electron chi connectivity index (χ4n) is 2.45. The second-order valence-corrected chi connectivity index (χ2v) is 5.71. The number of nitrogens with zero attached hydrogens (tertiary/aromatic N) is 3. The lowest BCUT2D eigenvalue weighted by molar-refractivity contribution is -0.137. The van der Waals surface area contributed by atoms with Gasteiger partial charge in [-0.25, -0.2) is 0 Å². The Hall–Kier alpha value is -2.67. The Morgan fingerprint density at radius 3 is 2.40 bits per heavy atom. The van der Waals surface area contributed by atoms with Crippen molar-refractivity contribution in [2.45, 2.75) is 19.3 Å². The monoisotopic (exact) mass is 347 g/mol. The summed E-state index contributed by atoms with van der Waals surface area (Å²) in [6, 6.07) is 8.51. The molecule has 1 aromatic carbocycles. The van der Waals surface area contributed by atoms with Crippen molar-refractivity contribution in [3.8, 4) is 11.3 Å². The molecular formula is C18H16F3N3O. The summed E-state index contributed by atoms with van der Waals surface area (Å²) < 4.78 is 43.6. The molecule has 0 bridgehead atoms. The van der Waals surface area contributed by atoms with Gasteiger partial charge in [0.15, 0.2) is 0 Å². The molecule has 0 unspecified atom stereocenters. The molecule has 0 fully saturated rings. The molecule has 0 saturated heterocycles. The molecule has 7 heteroatoms. The fraction of sp³-hybridized carbons (Fsp3) is 0.222. The first kappa shape index (κ1) is 17.2. The van der Waals surface area contributed by atoms with E-state index in [0.717, 1.165) is 23.6 Å². The Morgan fingerprint density at radius 2 is 1.76 bits per heavy atom. The number of rotatable bonds is 5. The first-order valence-corrected chi connectivity index (χ1v) is 7.61. The molecule has 0 spiro atoms. The summed E-state index contributed by atoms with van der Waals surface area (Å²) in [4.78, 5) is 10.2. The van der Waals surface area contributed by atoms with E-state index in [1.54, 1.807) is 24.7 Å². The molecule has 0 aliphatic heterocycles. The minimum atomic E-state index is -4.34. The Labute approximate surface area is 142 Å². The molecule has 3 rings (SSSR count). The van der Waals surface area contributed by atoms with Gasteiger partial charge >= 0.3 is 6.18 Å². The lowest BCUT2D eigenvalue weighted by Gasteiger charge is -2.14. The van der Waals surface area contributed by atoms with E-state index in [1.807, 2.05) is 18.0 Å². The maximum absolute atomic E-state index is 12.6. The van der Waals surface area contributed by atoms with Crippen molar-refractivity contribution in [1.82, 2.24) is 14.9 Å². The second-order valence-electron chi connectivity index (χ2n) is 5.71. The quantitative estimate of drug-likeness (QED) is 0.687. The summed E-state index contributed by atoms with van der Waals surface area (Å²) in [5.74, 6) is 1.26. The van der Waals surface area contributed by atoms with Crippen LogP contribution < -0.4 is 0 Å². The second kappa shape index (κ2) is 7.06. The van der Waals surface area contributed by atoms with Gasteiger partial charge in [0.2, 0.25) is 0 Å². The molecule has 0 saturated carbocycles. The van der Waals surface area contributed by atoms with Crippen molar-refractivity contribution < 1.29 is 17.6 Å². The third kappa shape index (κ3) is 4.45. The fourth-order valence-corrected chi connectivity index (χ4v) is 2.45. The van der Waals surface area contributed by atoms with E-state index in [0.29, 0.717) is 24.4 Å². The van der Waals surface area contributed by atoms with Gasteiger partial charge < -0.3 is 4.42 Å². The van der Waals surface area contributed by atoms with Crippen LogP contribution in [-0.4, -0.2) is 21.9 Å². The predicted octanol–water partition coefficient (Wildman–Crippen LogP) is 4.39. The number of hydrogen-bond acceptors (Lipinski definition) is 4. The molecule has 0 amide bonds. The molecule has 4 nitrogen and oxygen atoms in total. The van der Waals surface area contributed by atoms with Gasteiger partial charge in [0.25, 0.3) is 0 Å². The Balaban J connectivity index is 1.66. The number of furan rings is 1. The van der Waals surface area contributed by atoms with Crippen LogP contribution in [0.3, 0.4) is 0 Å². The highest BCUT2D eigenvalue weighted by Gasteiger charge is 2.30. The Kier molecular flexibility index (Phi) is 4.85. The molecule has 25 heavy (non-hydrogen) atoms. The molecule has 0 aliphatic rings. The minimum Gasteiger partial charge on any atom is -0.460 e. The topological polar surface area (TPSA) is 42.2 Å². The molecule has 2 heterocycles. The molecule has 3 aromatic rings. The van der Waals surface area contributed by atoms with Gasteiger partial charge in [-0.3, -0.25) is 14.9 Å². The highest BCUT2D eigenvalue weighted by atomic mass is 19.4. The van der Waals surface area contributed by atoms with Gasteiger partial charge in [0, 0.05) is 30.7 Å². The summed E-state index contributed by atoms with van der Waals surface area (Å²) in [6.45, 7) is 1.17. The van der Waals surface area contributed by atoms with Crippen LogP contribution in [0.5, 0.6) is 0 Å². The van der Waals surface area contributed by atoms with E-state index in [4.69, 9.17) is 4.42 Å². The van der Waals surface area contributed by atoms with Crippen LogP contribution >= 0.6 is 0 Å². The largest absolute Gasteiger partial charge is 0.460 e. The zero-order chi connectivity index (χ0) is 17.9. The van der Waals surface area contributed by atoms with Crippen molar-refractivity contribution in [2.24, 2.45) is 0 Å². The SMILES string of the molecule is CN(Cc1cnccn1)Cc1ccc(-c2ccc(C(F)(F)F)cc2)o1. The first-order valence-electron chi connectivity index (χ1n) is 7.61. The van der Waals surface area contributed by atoms with Gasteiger partial charge in [-0.1, -0.05) is 12.1 Å². The van der Waals surface area contributed by atoms with E-state index in [1.165, 1.54) is 12.1 Å². The summed E-state index contributed by atoms with van der Waals surface area (Å²) in [5, 5.41) is 0. The zero-order valence-electron chi connectivity index (χ0n) is 13.5. The Bertz CT molecular complexity index is 814. The molecule has 0 aliphatic carbocycles. The van der Waals surface area contributed by atoms with Crippen LogP contribution in [0.25, 0.3) is 11.3 Å². The molecule has 2 aromatic heterocycles. The van der Waals surface area contributed by atoms with Crippen molar-refractivity contribution in [2.75, 3.05) is 7.05 Å². The average Bonchev–Trinajstić information content (AvgIpc) is 3.03. The summed E-state index contributed by atoms with van der Waals surface area (Å²) in [7, 11) is 1.93. The third-order valence-electron chi connectivity index (χ3n) is 3.63. The van der Waals surface area contributed by atoms with Crippen LogP contribution in [-0.2, 0) is 19.3 Å². The smallest absolute Gasteiger partial charge is 0.416 e. The van der Waals surface area contributed by atoms with Gasteiger partial charge in [-0.15, -0.1) is 0 Å². The van der Waals surface area contributed by atoms with E-state index in [-0.39, 0.29) is 0 Å². The zero-order valence-corrected chi connectivity index (χ0v) is 13.5. The third-order valence-corrected chi connectivity index (χ3v) is 3.63. The Morgan fingerprint density at radius 1 is 1.00 bits per heavy atom. The van der Waals surface area contributed by atoms with Gasteiger partial charge in [0.05, 0.1) is 17.8 Å². The molecule has 0 N–H and O–H groups in total. The van der Waals surface area contributed by atoms with Crippen LogP contribution in [0.2, 0.25) is 0 Å². The van der Waals surface area contributed by atoms with Crippen molar-refractivity contribution in [3.05, 3.63) is 72.0 Å². The number of aromatic nitrogens is 2. The molecular weight excluding hydrogens is 331 g/mol. The minimum absolute atomic E-state index is 0.539. The van der Waals surface area contributed by atoms with Crippen LogP contribution in [0.1, 0.15) is 17.0 Å². The van der Waals surface area contributed by atoms with E-state index in [9.17, 15) is 13.2 Å². The van der Waals surface area contributed by atoms with Crippen LogP contribution in [0, 0.1) is 0 Å². The average molecular weight is 347 g/mol. The van der Waals surface area contributed by atoms with Gasteiger partial charge in [-0.2, -0.15) is 13.2 Å². The highest BCUT2D eigenvalue weighted by molar-refractivity contribution is 5.58. The van der Waals surface area contributed by atoms with E-state index >= 15 is 0 Å². The van der Waals surface area contributed by atoms with E-state index < -0.39 is 11.7 Å². The predicted molar refractivity (Wildman–Crippen MR) is 86.3 cm³/mol. The van der Waals surface area contributed by atoms with E-state index in [2.05, 4.69) is 9.97 Å². The molecule has 0 radical (unpaired) electrons.